The smallest absolute Gasteiger partial charge is 0.251 e. The molecular formula is C23H31N3O4S. The Hall–Kier alpha value is -2.58. The second kappa shape index (κ2) is 9.70. The first-order chi connectivity index (χ1) is 14.7. The fourth-order valence-electron chi connectivity index (χ4n) is 3.53. The zero-order valence-electron chi connectivity index (χ0n) is 18.6. The molecule has 0 saturated carbocycles. The number of piperazine rings is 1. The first kappa shape index (κ1) is 23.1. The number of carbonyl (C=O) groups excluding carboxylic acids is 1. The Morgan fingerprint density at radius 1 is 1.06 bits per heavy atom. The van der Waals surface area contributed by atoms with Crippen molar-refractivity contribution in [1.82, 2.24) is 9.62 Å². The number of anilines is 1. The Balaban J connectivity index is 1.72. The third-order valence-electron chi connectivity index (χ3n) is 5.44. The second-order valence-electron chi connectivity index (χ2n) is 8.17. The summed E-state index contributed by atoms with van der Waals surface area (Å²) in [6.45, 7) is 8.35. The Kier molecular flexibility index (Phi) is 7.23. The van der Waals surface area contributed by atoms with Crippen LogP contribution < -0.4 is 15.0 Å². The lowest BCUT2D eigenvalue weighted by Gasteiger charge is -2.35. The van der Waals surface area contributed by atoms with E-state index in [9.17, 15) is 13.2 Å². The molecule has 3 rings (SSSR count). The van der Waals surface area contributed by atoms with Crippen molar-refractivity contribution in [1.29, 1.82) is 0 Å². The number of ether oxygens (including phenoxy) is 1. The minimum atomic E-state index is -3.68. The van der Waals surface area contributed by atoms with Crippen LogP contribution in [-0.4, -0.2) is 58.5 Å². The summed E-state index contributed by atoms with van der Waals surface area (Å²) in [5.74, 6) is 0.864. The van der Waals surface area contributed by atoms with Crippen molar-refractivity contribution in [2.45, 2.75) is 25.7 Å². The number of methoxy groups -OCH3 is 1. The molecule has 0 atom stereocenters. The Morgan fingerprint density at radius 3 is 2.29 bits per heavy atom. The van der Waals surface area contributed by atoms with E-state index in [1.165, 1.54) is 10.4 Å². The number of carbonyl (C=O) groups is 1. The van der Waals surface area contributed by atoms with Crippen LogP contribution in [0.2, 0.25) is 0 Å². The van der Waals surface area contributed by atoms with Gasteiger partial charge in [0.25, 0.3) is 5.91 Å². The molecule has 31 heavy (non-hydrogen) atoms. The van der Waals surface area contributed by atoms with E-state index in [0.717, 1.165) is 17.0 Å². The van der Waals surface area contributed by atoms with Crippen LogP contribution in [0.5, 0.6) is 5.75 Å². The van der Waals surface area contributed by atoms with Gasteiger partial charge in [0.05, 0.1) is 12.0 Å². The molecule has 0 aromatic heterocycles. The molecule has 1 aliphatic rings. The number of nitrogens with one attached hydrogen (secondary N) is 1. The second-order valence-corrected chi connectivity index (χ2v) is 10.1. The summed E-state index contributed by atoms with van der Waals surface area (Å²) in [5.41, 5.74) is 2.19. The minimum Gasteiger partial charge on any atom is -0.497 e. The number of aryl methyl sites for hydroxylation is 1. The van der Waals surface area contributed by atoms with Gasteiger partial charge in [-0.25, -0.2) is 8.42 Å². The molecule has 2 aromatic carbocycles. The van der Waals surface area contributed by atoms with Crippen LogP contribution in [0.25, 0.3) is 0 Å². The SMILES string of the molecule is COc1ccc(N2CCN(S(=O)(=O)c3ccc(C)c(C(=O)NCC(C)C)c3)CC2)cc1. The molecule has 0 aliphatic carbocycles. The average molecular weight is 446 g/mol. The number of amides is 1. The molecule has 0 unspecified atom stereocenters. The summed E-state index contributed by atoms with van der Waals surface area (Å²) in [4.78, 5) is 14.9. The topological polar surface area (TPSA) is 79.0 Å². The van der Waals surface area contributed by atoms with Crippen LogP contribution in [0.1, 0.15) is 29.8 Å². The van der Waals surface area contributed by atoms with Crippen LogP contribution in [0.15, 0.2) is 47.4 Å². The van der Waals surface area contributed by atoms with E-state index < -0.39 is 10.0 Å². The highest BCUT2D eigenvalue weighted by Crippen LogP contribution is 2.24. The van der Waals surface area contributed by atoms with E-state index in [1.54, 1.807) is 19.2 Å². The molecule has 8 heteroatoms. The lowest BCUT2D eigenvalue weighted by atomic mass is 10.1. The van der Waals surface area contributed by atoms with Gasteiger partial charge >= 0.3 is 0 Å². The predicted octanol–water partition coefficient (Wildman–Crippen LogP) is 2.90. The maximum atomic E-state index is 13.2. The molecule has 0 bridgehead atoms. The fraction of sp³-hybridized carbons (Fsp3) is 0.435. The third kappa shape index (κ3) is 5.37. The zero-order chi connectivity index (χ0) is 22.6. The monoisotopic (exact) mass is 445 g/mol. The van der Waals surface area contributed by atoms with Gasteiger partial charge in [0, 0.05) is 44.0 Å². The van der Waals surface area contributed by atoms with Crippen molar-refractivity contribution in [3.8, 4) is 5.75 Å². The van der Waals surface area contributed by atoms with E-state index in [1.807, 2.05) is 45.0 Å². The van der Waals surface area contributed by atoms with Gasteiger partial charge in [0.1, 0.15) is 5.75 Å². The molecule has 1 heterocycles. The van der Waals surface area contributed by atoms with E-state index in [4.69, 9.17) is 4.74 Å². The van der Waals surface area contributed by atoms with E-state index >= 15 is 0 Å². The Morgan fingerprint density at radius 2 is 1.71 bits per heavy atom. The van der Waals surface area contributed by atoms with Gasteiger partial charge in [-0.2, -0.15) is 4.31 Å². The predicted molar refractivity (Wildman–Crippen MR) is 122 cm³/mol. The highest BCUT2D eigenvalue weighted by atomic mass is 32.2. The van der Waals surface area contributed by atoms with E-state index in [0.29, 0.717) is 44.2 Å². The van der Waals surface area contributed by atoms with Crippen LogP contribution in [-0.2, 0) is 10.0 Å². The molecule has 1 fully saturated rings. The Labute approximate surface area is 185 Å². The van der Waals surface area contributed by atoms with E-state index in [2.05, 4.69) is 10.2 Å². The summed E-state index contributed by atoms with van der Waals surface area (Å²) in [5, 5.41) is 2.87. The molecule has 1 amide bonds. The molecule has 1 aliphatic heterocycles. The van der Waals surface area contributed by atoms with Gasteiger partial charge in [-0.3, -0.25) is 4.79 Å². The number of rotatable bonds is 7. The van der Waals surface area contributed by atoms with Gasteiger partial charge in [-0.15, -0.1) is 0 Å². The molecule has 7 nitrogen and oxygen atoms in total. The number of hydrogen-bond donors (Lipinski definition) is 1. The lowest BCUT2D eigenvalue weighted by Crippen LogP contribution is -2.48. The molecule has 168 valence electrons. The third-order valence-corrected chi connectivity index (χ3v) is 7.33. The van der Waals surface area contributed by atoms with Gasteiger partial charge in [0.15, 0.2) is 0 Å². The summed E-state index contributed by atoms with van der Waals surface area (Å²) < 4.78 is 33.1. The first-order valence-electron chi connectivity index (χ1n) is 10.5. The van der Waals surface area contributed by atoms with Crippen molar-refractivity contribution in [3.05, 3.63) is 53.6 Å². The van der Waals surface area contributed by atoms with Crippen LogP contribution in [0.4, 0.5) is 5.69 Å². The summed E-state index contributed by atoms with van der Waals surface area (Å²) in [6.07, 6.45) is 0. The summed E-state index contributed by atoms with van der Waals surface area (Å²) >= 11 is 0. The van der Waals surface area contributed by atoms with Crippen molar-refractivity contribution in [2.75, 3.05) is 44.7 Å². The highest BCUT2D eigenvalue weighted by Gasteiger charge is 2.29. The van der Waals surface area contributed by atoms with Crippen LogP contribution in [0, 0.1) is 12.8 Å². The maximum absolute atomic E-state index is 13.2. The molecule has 2 aromatic rings. The Bertz CT molecular complexity index is 1010. The molecule has 1 N–H and O–H groups in total. The first-order valence-corrected chi connectivity index (χ1v) is 11.9. The van der Waals surface area contributed by atoms with Gasteiger partial charge in [-0.1, -0.05) is 19.9 Å². The maximum Gasteiger partial charge on any atom is 0.251 e. The summed E-state index contributed by atoms with van der Waals surface area (Å²) in [7, 11) is -2.05. The van der Waals surface area contributed by atoms with Crippen molar-refractivity contribution in [2.24, 2.45) is 5.92 Å². The number of sulfonamides is 1. The standard InChI is InChI=1S/C23H31N3O4S/c1-17(2)16-24-23(27)22-15-21(10-5-18(22)3)31(28,29)26-13-11-25(12-14-26)19-6-8-20(30-4)9-7-19/h5-10,15,17H,11-14,16H2,1-4H3,(H,24,27). The molecule has 1 saturated heterocycles. The van der Waals surface area contributed by atoms with Crippen molar-refractivity contribution in [3.63, 3.8) is 0 Å². The number of hydrogen-bond acceptors (Lipinski definition) is 5. The van der Waals surface area contributed by atoms with Gasteiger partial charge < -0.3 is 15.0 Å². The fourth-order valence-corrected chi connectivity index (χ4v) is 4.98. The molecule has 0 radical (unpaired) electrons. The highest BCUT2D eigenvalue weighted by molar-refractivity contribution is 7.89. The normalized spacial score (nSPS) is 15.2. The lowest BCUT2D eigenvalue weighted by molar-refractivity contribution is 0.0948. The zero-order valence-corrected chi connectivity index (χ0v) is 19.4. The average Bonchev–Trinajstić information content (AvgIpc) is 2.77. The largest absolute Gasteiger partial charge is 0.497 e. The summed E-state index contributed by atoms with van der Waals surface area (Å²) in [6, 6.07) is 12.5. The van der Waals surface area contributed by atoms with E-state index in [-0.39, 0.29) is 10.8 Å². The van der Waals surface area contributed by atoms with Crippen molar-refractivity contribution >= 4 is 21.6 Å². The van der Waals surface area contributed by atoms with Crippen LogP contribution >= 0.6 is 0 Å². The number of nitrogens with zero attached hydrogens (tertiary/aromatic N) is 2. The van der Waals surface area contributed by atoms with Crippen molar-refractivity contribution < 1.29 is 17.9 Å². The number of benzene rings is 2. The minimum absolute atomic E-state index is 0.158. The van der Waals surface area contributed by atoms with Gasteiger partial charge in [0.2, 0.25) is 10.0 Å². The molecule has 0 spiro atoms. The molecular weight excluding hydrogens is 414 g/mol. The quantitative estimate of drug-likeness (QED) is 0.709. The van der Waals surface area contributed by atoms with Crippen LogP contribution in [0.3, 0.4) is 0 Å². The van der Waals surface area contributed by atoms with Gasteiger partial charge in [-0.05, 0) is 54.8 Å².